The molecule has 16 heteroatoms. The zero-order valence-electron chi connectivity index (χ0n) is 29.6. The standard InChI is InChI=1S/C34H51F2N9O5/c1-34(2,3)50-33(47)37-12-5-17-48-18-6-13-42(4)22-24-7-9-25(10-8-24)45-23-27(29(41-45)30(35)36)39-32(46)26-21-38-44-14-11-28(40-31(26)44)43-15-19-49-20-16-43/h11,14,21,23-25,30H,5-10,12-13,15-20,22H2,1-4H3,(H,37,47)(H,39,46)/t24-,25-. The molecule has 50 heavy (non-hydrogen) atoms. The Kier molecular flexibility index (Phi) is 13.0. The van der Waals surface area contributed by atoms with Gasteiger partial charge in [0.2, 0.25) is 0 Å². The van der Waals surface area contributed by atoms with Crippen molar-refractivity contribution in [2.45, 2.75) is 77.4 Å². The number of ether oxygens (including phenoxy) is 3. The number of carbonyl (C=O) groups excluding carboxylic acids is 2. The maximum atomic E-state index is 14.1. The molecule has 4 heterocycles. The highest BCUT2D eigenvalue weighted by Crippen LogP contribution is 2.35. The summed E-state index contributed by atoms with van der Waals surface area (Å²) in [7, 11) is 2.11. The molecule has 276 valence electrons. The molecule has 5 rings (SSSR count). The molecule has 0 spiro atoms. The molecule has 2 N–H and O–H groups in total. The van der Waals surface area contributed by atoms with Crippen molar-refractivity contribution in [1.82, 2.24) is 34.6 Å². The van der Waals surface area contributed by atoms with Crippen LogP contribution in [0.3, 0.4) is 0 Å². The Balaban J connectivity index is 1.05. The van der Waals surface area contributed by atoms with E-state index < -0.39 is 29.7 Å². The van der Waals surface area contributed by atoms with Gasteiger partial charge in [-0.3, -0.25) is 9.48 Å². The van der Waals surface area contributed by atoms with Gasteiger partial charge in [0.25, 0.3) is 12.3 Å². The Morgan fingerprint density at radius 2 is 1.86 bits per heavy atom. The molecule has 1 saturated heterocycles. The average molecular weight is 704 g/mol. The zero-order chi connectivity index (χ0) is 35.7. The van der Waals surface area contributed by atoms with Crippen LogP contribution >= 0.6 is 0 Å². The molecule has 0 radical (unpaired) electrons. The largest absolute Gasteiger partial charge is 0.444 e. The van der Waals surface area contributed by atoms with Gasteiger partial charge in [-0.1, -0.05) is 0 Å². The number of rotatable bonds is 15. The van der Waals surface area contributed by atoms with E-state index in [1.165, 1.54) is 16.9 Å². The van der Waals surface area contributed by atoms with E-state index in [1.807, 2.05) is 26.8 Å². The molecule has 0 aromatic carbocycles. The summed E-state index contributed by atoms with van der Waals surface area (Å²) < 4.78 is 47.6. The van der Waals surface area contributed by atoms with Crippen LogP contribution in [-0.2, 0) is 14.2 Å². The van der Waals surface area contributed by atoms with Crippen molar-refractivity contribution in [3.63, 3.8) is 0 Å². The molecule has 0 unspecified atom stereocenters. The van der Waals surface area contributed by atoms with Crippen LogP contribution in [0.4, 0.5) is 25.1 Å². The Morgan fingerprint density at radius 1 is 1.12 bits per heavy atom. The SMILES string of the molecule is CN(CCCOCCCNC(=O)OC(C)(C)C)C[C@H]1CC[C@H](n2cc(NC(=O)c3cnn4ccc(N5CCOCC5)nc34)c(C(F)F)n2)CC1. The fraction of sp³-hybridized carbons (Fsp3) is 0.676. The third-order valence-electron chi connectivity index (χ3n) is 8.87. The summed E-state index contributed by atoms with van der Waals surface area (Å²) in [5, 5.41) is 13.9. The number of aromatic nitrogens is 5. The molecule has 1 aliphatic carbocycles. The smallest absolute Gasteiger partial charge is 0.407 e. The van der Waals surface area contributed by atoms with E-state index in [9.17, 15) is 18.4 Å². The highest BCUT2D eigenvalue weighted by atomic mass is 19.3. The lowest BCUT2D eigenvalue weighted by molar-refractivity contribution is 0.0518. The van der Waals surface area contributed by atoms with E-state index >= 15 is 0 Å². The Labute approximate surface area is 291 Å². The molecule has 0 bridgehead atoms. The predicted octanol–water partition coefficient (Wildman–Crippen LogP) is 4.94. The van der Waals surface area contributed by atoms with E-state index in [-0.39, 0.29) is 17.3 Å². The minimum Gasteiger partial charge on any atom is -0.444 e. The first kappa shape index (κ1) is 37.4. The summed E-state index contributed by atoms with van der Waals surface area (Å²) in [6.45, 7) is 11.6. The van der Waals surface area contributed by atoms with Crippen molar-refractivity contribution >= 4 is 29.2 Å². The highest BCUT2D eigenvalue weighted by molar-refractivity contribution is 6.08. The molecule has 1 aliphatic heterocycles. The number of alkyl halides is 2. The number of amides is 2. The summed E-state index contributed by atoms with van der Waals surface area (Å²) >= 11 is 0. The lowest BCUT2D eigenvalue weighted by Gasteiger charge is -2.31. The van der Waals surface area contributed by atoms with Gasteiger partial charge in [0.1, 0.15) is 17.0 Å². The number of hydrogen-bond donors (Lipinski definition) is 2. The van der Waals surface area contributed by atoms with Gasteiger partial charge in [-0.15, -0.1) is 0 Å². The first-order chi connectivity index (χ1) is 24.0. The van der Waals surface area contributed by atoms with E-state index in [0.717, 1.165) is 51.6 Å². The summed E-state index contributed by atoms with van der Waals surface area (Å²) in [5.41, 5.74) is -0.421. The number of anilines is 2. The minimum atomic E-state index is -2.84. The Morgan fingerprint density at radius 3 is 2.58 bits per heavy atom. The molecular weight excluding hydrogens is 652 g/mol. The van der Waals surface area contributed by atoms with Crippen LogP contribution < -0.4 is 15.5 Å². The molecule has 3 aromatic heterocycles. The Bertz CT molecular complexity index is 1550. The summed E-state index contributed by atoms with van der Waals surface area (Å²) in [6.07, 6.45) is 6.58. The quantitative estimate of drug-likeness (QED) is 0.209. The number of fused-ring (bicyclic) bond motifs is 1. The van der Waals surface area contributed by atoms with Crippen molar-refractivity contribution < 1.29 is 32.6 Å². The molecule has 2 fully saturated rings. The van der Waals surface area contributed by atoms with Crippen molar-refractivity contribution in [3.8, 4) is 0 Å². The van der Waals surface area contributed by atoms with Gasteiger partial charge in [0, 0.05) is 58.3 Å². The van der Waals surface area contributed by atoms with Crippen LogP contribution in [0.15, 0.2) is 24.7 Å². The van der Waals surface area contributed by atoms with Gasteiger partial charge in [-0.2, -0.15) is 10.2 Å². The maximum absolute atomic E-state index is 14.1. The fourth-order valence-electron chi connectivity index (χ4n) is 6.37. The van der Waals surface area contributed by atoms with Gasteiger partial charge in [-0.05, 0) is 78.3 Å². The van der Waals surface area contributed by atoms with Gasteiger partial charge in [0.05, 0.1) is 31.1 Å². The van der Waals surface area contributed by atoms with E-state index in [1.54, 1.807) is 10.9 Å². The topological polar surface area (TPSA) is 140 Å². The highest BCUT2D eigenvalue weighted by Gasteiger charge is 2.28. The average Bonchev–Trinajstić information content (AvgIpc) is 3.70. The van der Waals surface area contributed by atoms with Crippen molar-refractivity contribution in [2.24, 2.45) is 5.92 Å². The summed E-state index contributed by atoms with van der Waals surface area (Å²) in [5.74, 6) is 0.636. The summed E-state index contributed by atoms with van der Waals surface area (Å²) in [4.78, 5) is 34.1. The van der Waals surface area contributed by atoms with E-state index in [0.29, 0.717) is 63.4 Å². The molecule has 3 aromatic rings. The van der Waals surface area contributed by atoms with Gasteiger partial charge in [0.15, 0.2) is 11.3 Å². The number of morpholine rings is 1. The fourth-order valence-corrected chi connectivity index (χ4v) is 6.37. The van der Waals surface area contributed by atoms with Crippen molar-refractivity contribution in [1.29, 1.82) is 0 Å². The molecule has 1 saturated carbocycles. The van der Waals surface area contributed by atoms with Crippen LogP contribution in [0.1, 0.15) is 87.8 Å². The van der Waals surface area contributed by atoms with Crippen LogP contribution in [0.5, 0.6) is 0 Å². The molecule has 14 nitrogen and oxygen atoms in total. The second-order valence-corrected chi connectivity index (χ2v) is 14.1. The third kappa shape index (κ3) is 10.6. The normalized spacial score (nSPS) is 18.6. The van der Waals surface area contributed by atoms with E-state index in [2.05, 4.69) is 42.7 Å². The van der Waals surface area contributed by atoms with Crippen LogP contribution in [0.2, 0.25) is 0 Å². The maximum Gasteiger partial charge on any atom is 0.407 e. The first-order valence-electron chi connectivity index (χ1n) is 17.6. The second kappa shape index (κ2) is 17.4. The number of nitrogens with one attached hydrogen (secondary N) is 2. The van der Waals surface area contributed by atoms with Crippen molar-refractivity contribution in [2.75, 3.05) is 76.4 Å². The third-order valence-corrected chi connectivity index (χ3v) is 8.87. The van der Waals surface area contributed by atoms with Crippen LogP contribution in [-0.4, -0.2) is 113 Å². The minimum absolute atomic E-state index is 0.00272. The van der Waals surface area contributed by atoms with Gasteiger partial charge < -0.3 is 34.6 Å². The zero-order valence-corrected chi connectivity index (χ0v) is 29.6. The number of hydrogen-bond acceptors (Lipinski definition) is 10. The molecular formula is C34H51F2N9O5. The monoisotopic (exact) mass is 703 g/mol. The van der Waals surface area contributed by atoms with E-state index in [4.69, 9.17) is 14.2 Å². The molecule has 0 atom stereocenters. The van der Waals surface area contributed by atoms with Crippen molar-refractivity contribution in [3.05, 3.63) is 35.9 Å². The first-order valence-corrected chi connectivity index (χ1v) is 17.6. The van der Waals surface area contributed by atoms with Gasteiger partial charge in [-0.25, -0.2) is 23.1 Å². The number of halogens is 2. The number of carbonyl (C=O) groups is 2. The molecule has 2 aliphatic rings. The summed E-state index contributed by atoms with van der Waals surface area (Å²) in [6, 6.07) is 1.81. The molecule has 2 amide bonds. The van der Waals surface area contributed by atoms with Crippen LogP contribution in [0.25, 0.3) is 5.65 Å². The lowest BCUT2D eigenvalue weighted by atomic mass is 9.86. The number of nitrogens with zero attached hydrogens (tertiary/aromatic N) is 7. The second-order valence-electron chi connectivity index (χ2n) is 14.1. The van der Waals surface area contributed by atoms with Crippen LogP contribution in [0, 0.1) is 5.92 Å². The Hall–Kier alpha value is -3.89. The number of alkyl carbamates (subject to hydrolysis) is 1. The van der Waals surface area contributed by atoms with Gasteiger partial charge >= 0.3 is 6.09 Å². The predicted molar refractivity (Wildman–Crippen MR) is 184 cm³/mol. The lowest BCUT2D eigenvalue weighted by Crippen LogP contribution is -2.36.